The summed E-state index contributed by atoms with van der Waals surface area (Å²) in [5, 5.41) is 0. The zero-order valence-electron chi connectivity index (χ0n) is 4.46. The predicted octanol–water partition coefficient (Wildman–Crippen LogP) is -1.21. The summed E-state index contributed by atoms with van der Waals surface area (Å²) in [4.78, 5) is 2.06. The van der Waals surface area contributed by atoms with Crippen molar-refractivity contribution in [3.8, 4) is 0 Å². The van der Waals surface area contributed by atoms with Crippen LogP contribution in [0.2, 0.25) is 0 Å². The van der Waals surface area contributed by atoms with Gasteiger partial charge in [0, 0.05) is 6.54 Å². The van der Waals surface area contributed by atoms with Crippen LogP contribution in [0.25, 0.3) is 0 Å². The van der Waals surface area contributed by atoms with Gasteiger partial charge in [0.05, 0.1) is 5.75 Å². The Labute approximate surface area is 58.2 Å². The Morgan fingerprint density at radius 3 is 2.11 bits per heavy atom. The van der Waals surface area contributed by atoms with Gasteiger partial charge in [-0.2, -0.15) is 8.42 Å². The molecule has 5 nitrogen and oxygen atoms in total. The highest BCUT2D eigenvalue weighted by Crippen LogP contribution is 1.78. The van der Waals surface area contributed by atoms with Crippen LogP contribution in [-0.2, 0) is 10.1 Å². The van der Waals surface area contributed by atoms with Crippen LogP contribution in [0.15, 0.2) is 0 Å². The van der Waals surface area contributed by atoms with E-state index in [1.807, 2.05) is 0 Å². The van der Waals surface area contributed by atoms with E-state index in [0.29, 0.717) is 0 Å². The van der Waals surface area contributed by atoms with Crippen LogP contribution in [0.3, 0.4) is 0 Å². The first kappa shape index (κ1) is 11.9. The lowest BCUT2D eigenvalue weighted by Crippen LogP contribution is -2.14. The summed E-state index contributed by atoms with van der Waals surface area (Å²) in [5.74, 6) is -0.351. The van der Waals surface area contributed by atoms with Crippen LogP contribution in [0.5, 0.6) is 0 Å². The van der Waals surface area contributed by atoms with E-state index < -0.39 is 10.1 Å². The van der Waals surface area contributed by atoms with Gasteiger partial charge in [0.1, 0.15) is 0 Å². The summed E-state index contributed by atoms with van der Waals surface area (Å²) < 4.78 is 27.7. The molecule has 0 spiro atoms. The van der Waals surface area contributed by atoms with Crippen LogP contribution >= 0.6 is 11.8 Å². The summed E-state index contributed by atoms with van der Waals surface area (Å²) >= 11 is 4.88. The van der Waals surface area contributed by atoms with E-state index in [9.17, 15) is 8.42 Å². The zero-order valence-corrected chi connectivity index (χ0v) is 6.04. The fraction of sp³-hybridized carbons (Fsp3) is 1.00. The second kappa shape index (κ2) is 4.95. The Hall–Kier alpha value is 0.120. The Morgan fingerprint density at radius 2 is 2.00 bits per heavy atom. The van der Waals surface area contributed by atoms with Gasteiger partial charge in [-0.3, -0.25) is 4.55 Å². The van der Waals surface area contributed by atoms with Gasteiger partial charge in [0.25, 0.3) is 10.1 Å². The maximum Gasteiger partial charge on any atom is 0.266 e. The highest BCUT2D eigenvalue weighted by Gasteiger charge is 2.00. The number of nitrogens with one attached hydrogen (secondary N) is 1. The molecule has 4 N–H and O–H groups in total. The monoisotopic (exact) mass is 177 g/mol. The van der Waals surface area contributed by atoms with Crippen molar-refractivity contribution in [2.75, 3.05) is 12.3 Å². The van der Waals surface area contributed by atoms with E-state index in [-0.39, 0.29) is 17.8 Å². The van der Waals surface area contributed by atoms with Gasteiger partial charge in [0.15, 0.2) is 0 Å². The van der Waals surface area contributed by atoms with E-state index in [1.165, 1.54) is 0 Å². The third-order valence-corrected chi connectivity index (χ3v) is 1.36. The number of rotatable bonds is 3. The molecular weight excluding hydrogens is 170 g/mol. The van der Waals surface area contributed by atoms with Gasteiger partial charge < -0.3 is 5.48 Å². The SMILES string of the molecule is O.O=S(=O)(O)CCNCl. The Kier molecular flexibility index (Phi) is 6.52. The molecule has 0 aromatic rings. The normalized spacial score (nSPS) is 10.4. The average molecular weight is 178 g/mol. The van der Waals surface area contributed by atoms with Crippen LogP contribution < -0.4 is 4.84 Å². The molecule has 0 fully saturated rings. The first-order valence-corrected chi connectivity index (χ1v) is 3.83. The minimum atomic E-state index is -3.83. The van der Waals surface area contributed by atoms with Crippen molar-refractivity contribution in [3.63, 3.8) is 0 Å². The quantitative estimate of drug-likeness (QED) is 0.418. The summed E-state index contributed by atoms with van der Waals surface area (Å²) in [6, 6.07) is 0. The molecule has 0 unspecified atom stereocenters. The predicted molar refractivity (Wildman–Crippen MR) is 33.9 cm³/mol. The highest BCUT2D eigenvalue weighted by molar-refractivity contribution is 7.85. The molecule has 0 bridgehead atoms. The molecule has 0 aromatic carbocycles. The smallest absolute Gasteiger partial charge is 0.266 e. The maximum absolute atomic E-state index is 9.85. The van der Waals surface area contributed by atoms with Crippen molar-refractivity contribution < 1.29 is 18.4 Å². The van der Waals surface area contributed by atoms with Gasteiger partial charge in [0.2, 0.25) is 0 Å². The van der Waals surface area contributed by atoms with Crippen LogP contribution in [0.4, 0.5) is 0 Å². The van der Waals surface area contributed by atoms with E-state index in [1.54, 1.807) is 0 Å². The van der Waals surface area contributed by atoms with Crippen LogP contribution in [-0.4, -0.2) is 30.7 Å². The standard InChI is InChI=1S/C2H6ClNO3S.H2O/c3-4-1-2-8(5,6)7;/h4H,1-2H2,(H,5,6,7);1H2. The lowest BCUT2D eigenvalue weighted by atomic mass is 10.8. The molecule has 0 aliphatic carbocycles. The molecule has 0 radical (unpaired) electrons. The summed E-state index contributed by atoms with van der Waals surface area (Å²) in [6.45, 7) is 0.0559. The molecule has 0 amide bonds. The van der Waals surface area contributed by atoms with Gasteiger partial charge >= 0.3 is 0 Å². The maximum atomic E-state index is 9.85. The summed E-state index contributed by atoms with van der Waals surface area (Å²) in [7, 11) is -3.83. The van der Waals surface area contributed by atoms with Gasteiger partial charge in [-0.1, -0.05) is 0 Å². The van der Waals surface area contributed by atoms with Crippen LogP contribution in [0.1, 0.15) is 0 Å². The third kappa shape index (κ3) is 11.6. The number of halogens is 1. The molecule has 9 heavy (non-hydrogen) atoms. The Balaban J connectivity index is 0. The van der Waals surface area contributed by atoms with E-state index in [2.05, 4.69) is 4.84 Å². The highest BCUT2D eigenvalue weighted by atomic mass is 35.5. The second-order valence-electron chi connectivity index (χ2n) is 1.17. The number of hydrogen-bond acceptors (Lipinski definition) is 3. The second-order valence-corrected chi connectivity index (χ2v) is 3.01. The lowest BCUT2D eigenvalue weighted by molar-refractivity contribution is 0.483. The van der Waals surface area contributed by atoms with Crippen molar-refractivity contribution in [1.82, 2.24) is 4.84 Å². The zero-order chi connectivity index (χ0) is 6.62. The van der Waals surface area contributed by atoms with Crippen molar-refractivity contribution in [3.05, 3.63) is 0 Å². The Morgan fingerprint density at radius 1 is 1.56 bits per heavy atom. The van der Waals surface area contributed by atoms with Crippen molar-refractivity contribution >= 4 is 21.9 Å². The van der Waals surface area contributed by atoms with E-state index in [4.69, 9.17) is 16.3 Å². The van der Waals surface area contributed by atoms with Gasteiger partial charge in [-0.25, -0.2) is 4.84 Å². The minimum absolute atomic E-state index is 0. The first-order chi connectivity index (χ1) is 3.56. The number of hydrogen-bond donors (Lipinski definition) is 2. The molecule has 0 saturated carbocycles. The molecule has 7 heteroatoms. The summed E-state index contributed by atoms with van der Waals surface area (Å²) in [5.41, 5.74) is 0. The molecule has 0 aliphatic rings. The molecular formula is C2H8ClNO4S. The largest absolute Gasteiger partial charge is 0.412 e. The fourth-order valence-electron chi connectivity index (χ4n) is 0.168. The summed E-state index contributed by atoms with van der Waals surface area (Å²) in [6.07, 6.45) is 0. The van der Waals surface area contributed by atoms with Crippen LogP contribution in [0, 0.1) is 0 Å². The first-order valence-electron chi connectivity index (χ1n) is 1.85. The molecule has 58 valence electrons. The minimum Gasteiger partial charge on any atom is -0.412 e. The third-order valence-electron chi connectivity index (χ3n) is 0.455. The molecule has 0 atom stereocenters. The average Bonchev–Trinajstić information content (AvgIpc) is 1.59. The van der Waals surface area contributed by atoms with Crippen molar-refractivity contribution in [2.45, 2.75) is 0 Å². The molecule has 0 saturated heterocycles. The topological polar surface area (TPSA) is 97.9 Å². The Bertz CT molecular complexity index is 143. The molecule has 0 heterocycles. The van der Waals surface area contributed by atoms with E-state index >= 15 is 0 Å². The van der Waals surface area contributed by atoms with Gasteiger partial charge in [-0.05, 0) is 11.8 Å². The lowest BCUT2D eigenvalue weighted by Gasteiger charge is -1.90. The van der Waals surface area contributed by atoms with E-state index in [0.717, 1.165) is 0 Å². The van der Waals surface area contributed by atoms with Crippen molar-refractivity contribution in [1.29, 1.82) is 0 Å². The molecule has 0 aliphatic heterocycles. The fourth-order valence-corrected chi connectivity index (χ4v) is 0.734. The molecule has 0 aromatic heterocycles. The van der Waals surface area contributed by atoms with Gasteiger partial charge in [-0.15, -0.1) is 0 Å². The molecule has 0 rings (SSSR count). The van der Waals surface area contributed by atoms with Crippen molar-refractivity contribution in [2.24, 2.45) is 0 Å².